The first-order valence-corrected chi connectivity index (χ1v) is 12.5. The molecule has 1 aliphatic heterocycles. The lowest BCUT2D eigenvalue weighted by Crippen LogP contribution is -2.39. The molecule has 3 aliphatic rings. The second-order valence-electron chi connectivity index (χ2n) is 9.42. The molecule has 1 atom stereocenters. The van der Waals surface area contributed by atoms with Crippen molar-refractivity contribution in [3.05, 3.63) is 87.4 Å². The molecule has 0 spiro atoms. The third-order valence-electron chi connectivity index (χ3n) is 6.76. The number of nitrogens with one attached hydrogen (secondary N) is 1. The summed E-state index contributed by atoms with van der Waals surface area (Å²) in [7, 11) is 0. The first-order chi connectivity index (χ1) is 17.3. The molecule has 1 unspecified atom stereocenters. The molecule has 3 aromatic rings. The fraction of sp³-hybridized carbons (Fsp3) is 0.296. The third-order valence-corrected chi connectivity index (χ3v) is 7.31. The number of benzene rings is 3. The van der Waals surface area contributed by atoms with Gasteiger partial charge in [0.25, 0.3) is 0 Å². The van der Waals surface area contributed by atoms with E-state index in [1.807, 2.05) is 0 Å². The predicted molar refractivity (Wildman–Crippen MR) is 130 cm³/mol. The summed E-state index contributed by atoms with van der Waals surface area (Å²) in [6, 6.07) is 12.7. The van der Waals surface area contributed by atoms with Gasteiger partial charge in [-0.25, -0.2) is 13.6 Å². The maximum Gasteiger partial charge on any atom is 0.412 e. The Kier molecular flexibility index (Phi) is 5.73. The zero-order valence-electron chi connectivity index (χ0n) is 18.9. The Morgan fingerprint density at radius 1 is 0.944 bits per heavy atom. The van der Waals surface area contributed by atoms with Crippen LogP contribution in [-0.2, 0) is 5.79 Å². The summed E-state index contributed by atoms with van der Waals surface area (Å²) in [5, 5.41) is 3.54. The number of halogens is 4. The van der Waals surface area contributed by atoms with Crippen molar-refractivity contribution < 1.29 is 27.8 Å². The molecule has 1 heterocycles. The Hall–Kier alpha value is -3.03. The van der Waals surface area contributed by atoms with Crippen LogP contribution in [0.5, 0.6) is 17.2 Å². The molecule has 2 saturated carbocycles. The van der Waals surface area contributed by atoms with Gasteiger partial charge in [-0.2, -0.15) is 0 Å². The number of hydrogen-bond donors (Lipinski definition) is 1. The average Bonchev–Trinajstić information content (AvgIpc) is 3.76. The SMILES string of the molecule is O=C(NC(C1CC1)C1CC1)Oc1cc2c(cc1F)OC(c1ccc(F)cc1)(c1ccc(Cl)cc1Cl)O2. The molecule has 0 saturated heterocycles. The summed E-state index contributed by atoms with van der Waals surface area (Å²) < 4.78 is 46.4. The van der Waals surface area contributed by atoms with Crippen molar-refractivity contribution in [2.75, 3.05) is 0 Å². The van der Waals surface area contributed by atoms with Crippen LogP contribution in [0.15, 0.2) is 54.6 Å². The summed E-state index contributed by atoms with van der Waals surface area (Å²) >= 11 is 12.6. The van der Waals surface area contributed by atoms with Gasteiger partial charge in [0.15, 0.2) is 23.1 Å². The highest BCUT2D eigenvalue weighted by atomic mass is 35.5. The fourth-order valence-corrected chi connectivity index (χ4v) is 5.22. The number of ether oxygens (including phenoxy) is 3. The molecule has 6 rings (SSSR count). The van der Waals surface area contributed by atoms with Crippen molar-refractivity contribution in [1.29, 1.82) is 0 Å². The van der Waals surface area contributed by atoms with Crippen molar-refractivity contribution in [3.63, 3.8) is 0 Å². The van der Waals surface area contributed by atoms with Gasteiger partial charge in [0.2, 0.25) is 0 Å². The van der Waals surface area contributed by atoms with Gasteiger partial charge in [-0.3, -0.25) is 0 Å². The van der Waals surface area contributed by atoms with Gasteiger partial charge in [-0.05, 0) is 80.0 Å². The van der Waals surface area contributed by atoms with E-state index in [0.717, 1.165) is 31.7 Å². The summed E-state index contributed by atoms with van der Waals surface area (Å²) in [4.78, 5) is 12.6. The molecule has 3 aromatic carbocycles. The minimum absolute atomic E-state index is 0.0627. The molecule has 36 heavy (non-hydrogen) atoms. The van der Waals surface area contributed by atoms with Crippen LogP contribution in [0.1, 0.15) is 36.8 Å². The smallest absolute Gasteiger partial charge is 0.412 e. The lowest BCUT2D eigenvalue weighted by molar-refractivity contribution is -0.0459. The van der Waals surface area contributed by atoms with Gasteiger partial charge in [0, 0.05) is 28.8 Å². The topological polar surface area (TPSA) is 56.8 Å². The number of amides is 1. The Bertz CT molecular complexity index is 1330. The van der Waals surface area contributed by atoms with E-state index in [1.54, 1.807) is 12.1 Å². The van der Waals surface area contributed by atoms with Gasteiger partial charge in [0.1, 0.15) is 5.82 Å². The van der Waals surface area contributed by atoms with E-state index in [0.29, 0.717) is 28.0 Å². The van der Waals surface area contributed by atoms with Crippen LogP contribution < -0.4 is 19.5 Å². The summed E-state index contributed by atoms with van der Waals surface area (Å²) in [5.41, 5.74) is 0.801. The second-order valence-corrected chi connectivity index (χ2v) is 10.3. The number of carbonyl (C=O) groups is 1. The van der Waals surface area contributed by atoms with E-state index in [9.17, 15) is 13.6 Å². The Morgan fingerprint density at radius 3 is 2.19 bits per heavy atom. The zero-order chi connectivity index (χ0) is 25.0. The van der Waals surface area contributed by atoms with Crippen LogP contribution >= 0.6 is 23.2 Å². The number of fused-ring (bicyclic) bond motifs is 1. The normalized spacial score (nSPS) is 20.5. The van der Waals surface area contributed by atoms with Crippen LogP contribution in [0.2, 0.25) is 10.0 Å². The molecule has 2 aliphatic carbocycles. The first-order valence-electron chi connectivity index (χ1n) is 11.7. The molecule has 9 heteroatoms. The molecule has 5 nitrogen and oxygen atoms in total. The van der Waals surface area contributed by atoms with Crippen LogP contribution in [0.3, 0.4) is 0 Å². The van der Waals surface area contributed by atoms with Crippen molar-refractivity contribution in [1.82, 2.24) is 5.32 Å². The molecule has 0 bridgehead atoms. The van der Waals surface area contributed by atoms with Gasteiger partial charge in [-0.15, -0.1) is 0 Å². The fourth-order valence-electron chi connectivity index (χ4n) is 4.69. The quantitative estimate of drug-likeness (QED) is 0.364. The summed E-state index contributed by atoms with van der Waals surface area (Å²) in [6.07, 6.45) is 3.62. The second kappa shape index (κ2) is 8.82. The van der Waals surface area contributed by atoms with Crippen molar-refractivity contribution >= 4 is 29.3 Å². The molecule has 0 radical (unpaired) electrons. The van der Waals surface area contributed by atoms with Crippen LogP contribution in [-0.4, -0.2) is 12.1 Å². The molecule has 0 aromatic heterocycles. The van der Waals surface area contributed by atoms with E-state index < -0.39 is 23.5 Å². The van der Waals surface area contributed by atoms with Crippen LogP contribution in [0.4, 0.5) is 13.6 Å². The van der Waals surface area contributed by atoms with Gasteiger partial charge in [-0.1, -0.05) is 23.2 Å². The largest absolute Gasteiger partial charge is 0.440 e. The molecular weight excluding hydrogens is 511 g/mol. The molecule has 1 amide bonds. The van der Waals surface area contributed by atoms with Gasteiger partial charge in [0.05, 0.1) is 10.6 Å². The van der Waals surface area contributed by atoms with Crippen LogP contribution in [0.25, 0.3) is 0 Å². The minimum atomic E-state index is -1.64. The highest BCUT2D eigenvalue weighted by Gasteiger charge is 2.48. The van der Waals surface area contributed by atoms with Crippen molar-refractivity contribution in [3.8, 4) is 17.2 Å². The Morgan fingerprint density at radius 2 is 1.58 bits per heavy atom. The maximum absolute atomic E-state index is 15.0. The minimum Gasteiger partial charge on any atom is -0.440 e. The van der Waals surface area contributed by atoms with Crippen LogP contribution in [0, 0.1) is 23.5 Å². The highest BCUT2D eigenvalue weighted by Crippen LogP contribution is 2.51. The number of carbonyl (C=O) groups excluding carboxylic acids is 1. The van der Waals surface area contributed by atoms with E-state index in [4.69, 9.17) is 37.4 Å². The predicted octanol–water partition coefficient (Wildman–Crippen LogP) is 7.22. The molecular formula is C27H21Cl2F2NO4. The summed E-state index contributed by atoms with van der Waals surface area (Å²) in [6.45, 7) is 0. The van der Waals surface area contributed by atoms with E-state index in [2.05, 4.69) is 5.32 Å². The Balaban J connectivity index is 1.31. The molecule has 186 valence electrons. The molecule has 2 fully saturated rings. The lowest BCUT2D eigenvalue weighted by atomic mass is 9.97. The van der Waals surface area contributed by atoms with E-state index >= 15 is 0 Å². The van der Waals surface area contributed by atoms with Gasteiger partial charge < -0.3 is 19.5 Å². The first kappa shape index (κ1) is 23.4. The van der Waals surface area contributed by atoms with Crippen molar-refractivity contribution in [2.24, 2.45) is 11.8 Å². The number of hydrogen-bond acceptors (Lipinski definition) is 4. The van der Waals surface area contributed by atoms with E-state index in [1.165, 1.54) is 36.4 Å². The standard InChI is InChI=1S/C27H21Cl2F2NO4/c28-17-7-10-19(20(29)11-17)27(16-5-8-18(30)9-6-16)35-23-12-21(31)22(13-24(23)36-27)34-26(33)32-25(14-1-2-14)15-3-4-15/h5-15,25H,1-4H2,(H,32,33). The average molecular weight is 532 g/mol. The molecule has 1 N–H and O–H groups in total. The maximum atomic E-state index is 15.0. The third kappa shape index (κ3) is 4.35. The van der Waals surface area contributed by atoms with Crippen molar-refractivity contribution in [2.45, 2.75) is 37.5 Å². The monoisotopic (exact) mass is 531 g/mol. The highest BCUT2D eigenvalue weighted by molar-refractivity contribution is 6.35. The summed E-state index contributed by atoms with van der Waals surface area (Å²) in [5.74, 6) is -2.04. The van der Waals surface area contributed by atoms with Gasteiger partial charge >= 0.3 is 11.9 Å². The van der Waals surface area contributed by atoms with E-state index in [-0.39, 0.29) is 28.3 Å². The number of rotatable bonds is 6. The lowest BCUT2D eigenvalue weighted by Gasteiger charge is -2.29. The Labute approximate surface area is 216 Å². The zero-order valence-corrected chi connectivity index (χ0v) is 20.4.